The minimum atomic E-state index is -0.664. The highest BCUT2D eigenvalue weighted by Crippen LogP contribution is 2.36. The van der Waals surface area contributed by atoms with E-state index in [1.807, 2.05) is 30.3 Å². The number of hydrogen-bond donors (Lipinski definition) is 1. The number of methoxy groups -OCH3 is 2. The molecule has 2 aromatic carbocycles. The Labute approximate surface area is 176 Å². The molecule has 2 amide bonds. The van der Waals surface area contributed by atoms with Crippen molar-refractivity contribution in [3.05, 3.63) is 70.9 Å². The number of carbonyl (C=O) groups is 2. The van der Waals surface area contributed by atoms with Gasteiger partial charge in [0, 0.05) is 5.70 Å². The molecule has 3 rings (SSSR count). The quantitative estimate of drug-likeness (QED) is 0.703. The first-order valence-corrected chi connectivity index (χ1v) is 9.71. The van der Waals surface area contributed by atoms with Gasteiger partial charge in [0.2, 0.25) is 0 Å². The van der Waals surface area contributed by atoms with Crippen molar-refractivity contribution in [3.63, 3.8) is 0 Å². The number of urea groups is 1. The van der Waals surface area contributed by atoms with Crippen LogP contribution in [0.15, 0.2) is 59.8 Å². The Balaban J connectivity index is 2.05. The van der Waals surface area contributed by atoms with Crippen LogP contribution in [0.25, 0.3) is 0 Å². The first-order valence-electron chi connectivity index (χ1n) is 9.71. The third-order valence-corrected chi connectivity index (χ3v) is 5.02. The van der Waals surface area contributed by atoms with Crippen molar-refractivity contribution in [2.24, 2.45) is 0 Å². The molecule has 0 unspecified atom stereocenters. The fourth-order valence-corrected chi connectivity index (χ4v) is 3.49. The fourth-order valence-electron chi connectivity index (χ4n) is 3.49. The summed E-state index contributed by atoms with van der Waals surface area (Å²) in [4.78, 5) is 27.4. The molecule has 1 aliphatic rings. The van der Waals surface area contributed by atoms with Gasteiger partial charge in [0.1, 0.15) is 0 Å². The fraction of sp³-hybridized carbons (Fsp3) is 0.304. The minimum Gasteiger partial charge on any atom is -0.493 e. The summed E-state index contributed by atoms with van der Waals surface area (Å²) in [6.45, 7) is 4.10. The predicted molar refractivity (Wildman–Crippen MR) is 112 cm³/mol. The minimum absolute atomic E-state index is 0.237. The highest BCUT2D eigenvalue weighted by Gasteiger charge is 2.36. The van der Waals surface area contributed by atoms with Crippen LogP contribution in [0.5, 0.6) is 11.5 Å². The zero-order valence-corrected chi connectivity index (χ0v) is 17.6. The van der Waals surface area contributed by atoms with Crippen LogP contribution in [-0.4, -0.2) is 37.7 Å². The summed E-state index contributed by atoms with van der Waals surface area (Å²) < 4.78 is 16.0. The number of rotatable bonds is 7. The van der Waals surface area contributed by atoms with Crippen LogP contribution in [0.1, 0.15) is 31.0 Å². The molecule has 7 heteroatoms. The van der Waals surface area contributed by atoms with Gasteiger partial charge in [-0.15, -0.1) is 0 Å². The summed E-state index contributed by atoms with van der Waals surface area (Å²) in [6, 6.07) is 14.0. The van der Waals surface area contributed by atoms with E-state index in [4.69, 9.17) is 14.2 Å². The molecule has 2 aromatic rings. The predicted octanol–water partition coefficient (Wildman–Crippen LogP) is 3.81. The molecule has 0 aliphatic carbocycles. The maximum absolute atomic E-state index is 13.0. The van der Waals surface area contributed by atoms with Gasteiger partial charge in [-0.05, 0) is 37.1 Å². The number of nitrogens with zero attached hydrogens (tertiary/aromatic N) is 1. The topological polar surface area (TPSA) is 77.1 Å². The molecule has 0 fully saturated rings. The number of nitrogens with one attached hydrogen (secondary N) is 1. The SMILES string of the molecule is CCOC(=O)C1=C(C)N(Cc2ccccc2)C(=O)N[C@@H]1c1ccc(OC)c(OC)c1. The molecule has 30 heavy (non-hydrogen) atoms. The standard InChI is InChI=1S/C23H26N2O5/c1-5-30-22(26)20-15(2)25(14-16-9-7-6-8-10-16)23(27)24-21(20)17-11-12-18(28-3)19(13-17)29-4/h6-13,21H,5,14H2,1-4H3,(H,24,27)/t21-/m1/s1. The molecular weight excluding hydrogens is 384 g/mol. The van der Waals surface area contributed by atoms with Crippen molar-refractivity contribution in [2.45, 2.75) is 26.4 Å². The Hall–Kier alpha value is -3.48. The lowest BCUT2D eigenvalue weighted by atomic mass is 9.94. The van der Waals surface area contributed by atoms with Gasteiger partial charge in [0.25, 0.3) is 0 Å². The van der Waals surface area contributed by atoms with E-state index in [-0.39, 0.29) is 12.6 Å². The zero-order chi connectivity index (χ0) is 21.7. The first kappa shape index (κ1) is 21.2. The highest BCUT2D eigenvalue weighted by atomic mass is 16.5. The highest BCUT2D eigenvalue weighted by molar-refractivity contribution is 5.95. The Morgan fingerprint density at radius 2 is 1.77 bits per heavy atom. The van der Waals surface area contributed by atoms with Gasteiger partial charge in [-0.3, -0.25) is 4.90 Å². The molecule has 0 bridgehead atoms. The molecule has 7 nitrogen and oxygen atoms in total. The number of hydrogen-bond acceptors (Lipinski definition) is 5. The Morgan fingerprint density at radius 1 is 1.07 bits per heavy atom. The molecule has 0 radical (unpaired) electrons. The number of esters is 1. The summed E-state index contributed by atoms with van der Waals surface area (Å²) in [6.07, 6.45) is 0. The van der Waals surface area contributed by atoms with Crippen LogP contribution >= 0.6 is 0 Å². The Kier molecular flexibility index (Phi) is 6.61. The van der Waals surface area contributed by atoms with Crippen LogP contribution in [0.3, 0.4) is 0 Å². The van der Waals surface area contributed by atoms with Crippen LogP contribution in [0.2, 0.25) is 0 Å². The Bertz CT molecular complexity index is 955. The average Bonchev–Trinajstić information content (AvgIpc) is 2.76. The van der Waals surface area contributed by atoms with Gasteiger partial charge in [-0.25, -0.2) is 9.59 Å². The van der Waals surface area contributed by atoms with E-state index in [9.17, 15) is 9.59 Å². The molecule has 0 saturated carbocycles. The lowest BCUT2D eigenvalue weighted by Gasteiger charge is -2.35. The summed E-state index contributed by atoms with van der Waals surface area (Å²) in [5.41, 5.74) is 2.60. The third kappa shape index (κ3) is 4.25. The molecule has 1 N–H and O–H groups in total. The third-order valence-electron chi connectivity index (χ3n) is 5.02. The van der Waals surface area contributed by atoms with Gasteiger partial charge in [-0.2, -0.15) is 0 Å². The average molecular weight is 410 g/mol. The van der Waals surface area contributed by atoms with Crippen molar-refractivity contribution < 1.29 is 23.8 Å². The second kappa shape index (κ2) is 9.35. The summed E-state index contributed by atoms with van der Waals surface area (Å²) in [5, 5.41) is 2.94. The van der Waals surface area contributed by atoms with Crippen molar-refractivity contribution in [2.75, 3.05) is 20.8 Å². The van der Waals surface area contributed by atoms with Gasteiger partial charge in [0.05, 0.1) is 39.0 Å². The summed E-state index contributed by atoms with van der Waals surface area (Å²) in [7, 11) is 3.09. The van der Waals surface area contributed by atoms with Gasteiger partial charge >= 0.3 is 12.0 Å². The molecule has 158 valence electrons. The van der Waals surface area contributed by atoms with E-state index in [2.05, 4.69) is 5.32 Å². The van der Waals surface area contributed by atoms with Crippen molar-refractivity contribution in [1.29, 1.82) is 0 Å². The van der Waals surface area contributed by atoms with Crippen molar-refractivity contribution in [3.8, 4) is 11.5 Å². The van der Waals surface area contributed by atoms with Crippen LogP contribution in [0, 0.1) is 0 Å². The molecular formula is C23H26N2O5. The molecule has 0 spiro atoms. The smallest absolute Gasteiger partial charge is 0.338 e. The molecule has 1 atom stereocenters. The van der Waals surface area contributed by atoms with E-state index >= 15 is 0 Å². The number of carbonyl (C=O) groups excluding carboxylic acids is 2. The molecule has 0 saturated heterocycles. The van der Waals surface area contributed by atoms with Crippen LogP contribution < -0.4 is 14.8 Å². The maximum Gasteiger partial charge on any atom is 0.338 e. The van der Waals surface area contributed by atoms with Crippen molar-refractivity contribution in [1.82, 2.24) is 10.2 Å². The molecule has 0 aromatic heterocycles. The van der Waals surface area contributed by atoms with Gasteiger partial charge < -0.3 is 19.5 Å². The lowest BCUT2D eigenvalue weighted by molar-refractivity contribution is -0.139. The largest absolute Gasteiger partial charge is 0.493 e. The maximum atomic E-state index is 13.0. The Morgan fingerprint density at radius 3 is 2.40 bits per heavy atom. The van der Waals surface area contributed by atoms with E-state index in [0.29, 0.717) is 34.9 Å². The lowest BCUT2D eigenvalue weighted by Crippen LogP contribution is -2.47. The number of amides is 2. The monoisotopic (exact) mass is 410 g/mol. The normalized spacial score (nSPS) is 16.2. The van der Waals surface area contributed by atoms with Crippen LogP contribution in [0.4, 0.5) is 4.79 Å². The second-order valence-electron chi connectivity index (χ2n) is 6.79. The first-order chi connectivity index (χ1) is 14.5. The summed E-state index contributed by atoms with van der Waals surface area (Å²) >= 11 is 0. The number of benzene rings is 2. The van der Waals surface area contributed by atoms with Crippen molar-refractivity contribution >= 4 is 12.0 Å². The second-order valence-corrected chi connectivity index (χ2v) is 6.79. The summed E-state index contributed by atoms with van der Waals surface area (Å²) in [5.74, 6) is 0.608. The number of ether oxygens (including phenoxy) is 3. The van der Waals surface area contributed by atoms with E-state index in [1.165, 1.54) is 7.11 Å². The molecule has 1 heterocycles. The van der Waals surface area contributed by atoms with Gasteiger partial charge in [-0.1, -0.05) is 36.4 Å². The van der Waals surface area contributed by atoms with E-state index in [1.54, 1.807) is 44.1 Å². The van der Waals surface area contributed by atoms with Gasteiger partial charge in [0.15, 0.2) is 11.5 Å². The zero-order valence-electron chi connectivity index (χ0n) is 17.6. The molecule has 1 aliphatic heterocycles. The van der Waals surface area contributed by atoms with E-state index < -0.39 is 12.0 Å². The van der Waals surface area contributed by atoms with Crippen LogP contribution in [-0.2, 0) is 16.1 Å². The van der Waals surface area contributed by atoms with E-state index in [0.717, 1.165) is 5.56 Å². The number of allylic oxidation sites excluding steroid dienone is 1.